The van der Waals surface area contributed by atoms with Crippen molar-refractivity contribution in [2.24, 2.45) is 0 Å². The zero-order valence-electron chi connectivity index (χ0n) is 11.3. The highest BCUT2D eigenvalue weighted by Crippen LogP contribution is 2.25. The van der Waals surface area contributed by atoms with Gasteiger partial charge >= 0.3 is 0 Å². The van der Waals surface area contributed by atoms with Crippen LogP contribution in [0.15, 0.2) is 18.2 Å². The van der Waals surface area contributed by atoms with Crippen molar-refractivity contribution in [2.75, 3.05) is 19.7 Å². The second-order valence-corrected chi connectivity index (χ2v) is 5.63. The quantitative estimate of drug-likeness (QED) is 0.917. The molecular formula is C15H19F2NO2. The molecule has 1 N–H and O–H groups in total. The van der Waals surface area contributed by atoms with Crippen molar-refractivity contribution in [3.63, 3.8) is 0 Å². The number of aliphatic hydroxyl groups is 1. The SMILES string of the molecule is OC(Cc1c(F)cccc1F)C1CN2CCCC2CO1. The maximum Gasteiger partial charge on any atom is 0.129 e. The van der Waals surface area contributed by atoms with Gasteiger partial charge < -0.3 is 9.84 Å². The maximum atomic E-state index is 13.6. The highest BCUT2D eigenvalue weighted by atomic mass is 19.1. The molecule has 1 aromatic rings. The van der Waals surface area contributed by atoms with Crippen LogP contribution in [0.2, 0.25) is 0 Å². The van der Waals surface area contributed by atoms with E-state index in [2.05, 4.69) is 4.90 Å². The molecule has 20 heavy (non-hydrogen) atoms. The number of rotatable bonds is 3. The first-order valence-electron chi connectivity index (χ1n) is 7.12. The molecule has 3 atom stereocenters. The first-order valence-corrected chi connectivity index (χ1v) is 7.12. The van der Waals surface area contributed by atoms with Crippen LogP contribution in [0.1, 0.15) is 18.4 Å². The number of benzene rings is 1. The molecule has 0 radical (unpaired) electrons. The number of morpholine rings is 1. The summed E-state index contributed by atoms with van der Waals surface area (Å²) in [5, 5.41) is 10.2. The van der Waals surface area contributed by atoms with E-state index < -0.39 is 17.7 Å². The summed E-state index contributed by atoms with van der Waals surface area (Å²) in [6.45, 7) is 2.26. The number of aliphatic hydroxyl groups excluding tert-OH is 1. The molecule has 0 bridgehead atoms. The highest BCUT2D eigenvalue weighted by molar-refractivity contribution is 5.20. The van der Waals surface area contributed by atoms with E-state index in [0.717, 1.165) is 19.4 Å². The van der Waals surface area contributed by atoms with Crippen molar-refractivity contribution in [3.8, 4) is 0 Å². The van der Waals surface area contributed by atoms with Gasteiger partial charge in [-0.05, 0) is 31.5 Å². The molecule has 2 heterocycles. The van der Waals surface area contributed by atoms with Gasteiger partial charge in [-0.25, -0.2) is 8.78 Å². The Morgan fingerprint density at radius 2 is 2.10 bits per heavy atom. The summed E-state index contributed by atoms with van der Waals surface area (Å²) < 4.78 is 32.9. The van der Waals surface area contributed by atoms with E-state index in [-0.39, 0.29) is 18.1 Å². The molecule has 2 saturated heterocycles. The summed E-state index contributed by atoms with van der Waals surface area (Å²) in [4.78, 5) is 2.30. The van der Waals surface area contributed by atoms with Crippen LogP contribution in [0.4, 0.5) is 8.78 Å². The average Bonchev–Trinajstić information content (AvgIpc) is 2.90. The zero-order valence-corrected chi connectivity index (χ0v) is 11.3. The van der Waals surface area contributed by atoms with E-state index >= 15 is 0 Å². The number of fused-ring (bicyclic) bond motifs is 1. The van der Waals surface area contributed by atoms with E-state index in [1.165, 1.54) is 18.2 Å². The van der Waals surface area contributed by atoms with Gasteiger partial charge in [-0.1, -0.05) is 6.07 Å². The molecule has 110 valence electrons. The normalized spacial score (nSPS) is 28.4. The van der Waals surface area contributed by atoms with Crippen LogP contribution in [-0.2, 0) is 11.2 Å². The Hall–Kier alpha value is -1.04. The summed E-state index contributed by atoms with van der Waals surface area (Å²) in [5.41, 5.74) is -0.0628. The Morgan fingerprint density at radius 3 is 2.85 bits per heavy atom. The van der Waals surface area contributed by atoms with Crippen LogP contribution in [0.3, 0.4) is 0 Å². The van der Waals surface area contributed by atoms with E-state index in [1.807, 2.05) is 0 Å². The lowest BCUT2D eigenvalue weighted by molar-refractivity contribution is -0.102. The number of halogens is 2. The van der Waals surface area contributed by atoms with Crippen molar-refractivity contribution >= 4 is 0 Å². The molecule has 0 amide bonds. The van der Waals surface area contributed by atoms with Crippen LogP contribution in [0.25, 0.3) is 0 Å². The lowest BCUT2D eigenvalue weighted by atomic mass is 10.0. The number of ether oxygens (including phenoxy) is 1. The largest absolute Gasteiger partial charge is 0.390 e. The fourth-order valence-electron chi connectivity index (χ4n) is 3.14. The third-order valence-electron chi connectivity index (χ3n) is 4.32. The molecule has 2 aliphatic heterocycles. The molecule has 2 aliphatic rings. The predicted octanol–water partition coefficient (Wildman–Crippen LogP) is 1.73. The Balaban J connectivity index is 1.66. The molecule has 3 unspecified atom stereocenters. The Bertz CT molecular complexity index is 463. The van der Waals surface area contributed by atoms with Crippen molar-refractivity contribution in [1.29, 1.82) is 0 Å². The minimum atomic E-state index is -0.886. The fourth-order valence-corrected chi connectivity index (χ4v) is 3.14. The smallest absolute Gasteiger partial charge is 0.129 e. The van der Waals surface area contributed by atoms with Crippen LogP contribution in [0, 0.1) is 11.6 Å². The molecule has 2 fully saturated rings. The zero-order chi connectivity index (χ0) is 14.1. The summed E-state index contributed by atoms with van der Waals surface area (Å²) in [7, 11) is 0. The van der Waals surface area contributed by atoms with Crippen molar-refractivity contribution in [3.05, 3.63) is 35.4 Å². The summed E-state index contributed by atoms with van der Waals surface area (Å²) in [6, 6.07) is 4.20. The second-order valence-electron chi connectivity index (χ2n) is 5.63. The van der Waals surface area contributed by atoms with Gasteiger partial charge in [0.25, 0.3) is 0 Å². The van der Waals surface area contributed by atoms with Gasteiger partial charge in [-0.2, -0.15) is 0 Å². The Morgan fingerprint density at radius 1 is 1.35 bits per heavy atom. The number of hydrogen-bond acceptors (Lipinski definition) is 3. The molecule has 0 aromatic heterocycles. The third kappa shape index (κ3) is 2.71. The molecule has 1 aromatic carbocycles. The van der Waals surface area contributed by atoms with E-state index in [9.17, 15) is 13.9 Å². The van der Waals surface area contributed by atoms with E-state index in [0.29, 0.717) is 19.2 Å². The average molecular weight is 283 g/mol. The maximum absolute atomic E-state index is 13.6. The molecule has 0 saturated carbocycles. The van der Waals surface area contributed by atoms with Crippen LogP contribution in [-0.4, -0.2) is 48.0 Å². The van der Waals surface area contributed by atoms with Crippen LogP contribution in [0.5, 0.6) is 0 Å². The molecule has 5 heteroatoms. The molecule has 3 nitrogen and oxygen atoms in total. The minimum absolute atomic E-state index is 0.0539. The number of hydrogen-bond donors (Lipinski definition) is 1. The summed E-state index contributed by atoms with van der Waals surface area (Å²) in [5.74, 6) is -1.22. The summed E-state index contributed by atoms with van der Waals surface area (Å²) >= 11 is 0. The van der Waals surface area contributed by atoms with Crippen molar-refractivity contribution in [1.82, 2.24) is 4.90 Å². The van der Waals surface area contributed by atoms with Gasteiger partial charge in [0.05, 0.1) is 18.8 Å². The lowest BCUT2D eigenvalue weighted by Crippen LogP contribution is -2.50. The highest BCUT2D eigenvalue weighted by Gasteiger charge is 2.35. The van der Waals surface area contributed by atoms with Gasteiger partial charge in [-0.3, -0.25) is 4.90 Å². The van der Waals surface area contributed by atoms with E-state index in [1.54, 1.807) is 0 Å². The second kappa shape index (κ2) is 5.76. The van der Waals surface area contributed by atoms with Gasteiger partial charge in [0.1, 0.15) is 11.6 Å². The van der Waals surface area contributed by atoms with Crippen LogP contribution < -0.4 is 0 Å². The van der Waals surface area contributed by atoms with Crippen molar-refractivity contribution in [2.45, 2.75) is 37.5 Å². The number of nitrogens with zero attached hydrogens (tertiary/aromatic N) is 1. The molecule has 0 aliphatic carbocycles. The molecule has 0 spiro atoms. The lowest BCUT2D eigenvalue weighted by Gasteiger charge is -2.37. The van der Waals surface area contributed by atoms with Gasteiger partial charge in [0, 0.05) is 24.6 Å². The Labute approximate surface area is 117 Å². The van der Waals surface area contributed by atoms with Gasteiger partial charge in [0.2, 0.25) is 0 Å². The topological polar surface area (TPSA) is 32.7 Å². The molecule has 3 rings (SSSR count). The van der Waals surface area contributed by atoms with Gasteiger partial charge in [-0.15, -0.1) is 0 Å². The fraction of sp³-hybridized carbons (Fsp3) is 0.600. The van der Waals surface area contributed by atoms with Crippen molar-refractivity contribution < 1.29 is 18.6 Å². The minimum Gasteiger partial charge on any atom is -0.390 e. The molecular weight excluding hydrogens is 264 g/mol. The third-order valence-corrected chi connectivity index (χ3v) is 4.32. The monoisotopic (exact) mass is 283 g/mol. The van der Waals surface area contributed by atoms with Gasteiger partial charge in [0.15, 0.2) is 0 Å². The first-order chi connectivity index (χ1) is 9.65. The standard InChI is InChI=1S/C15H19F2NO2/c16-12-4-1-5-13(17)11(12)7-14(19)15-8-18-6-2-3-10(18)9-20-15/h1,4-5,10,14-15,19H,2-3,6-9H2. The Kier molecular flexibility index (Phi) is 4.01. The van der Waals surface area contributed by atoms with E-state index in [4.69, 9.17) is 4.74 Å². The first kappa shape index (κ1) is 13.9. The summed E-state index contributed by atoms with van der Waals surface area (Å²) in [6.07, 6.45) is 0.969. The predicted molar refractivity (Wildman–Crippen MR) is 70.4 cm³/mol. The van der Waals surface area contributed by atoms with Crippen LogP contribution >= 0.6 is 0 Å².